The van der Waals surface area contributed by atoms with E-state index in [0.717, 1.165) is 6.07 Å². The van der Waals surface area contributed by atoms with Crippen molar-refractivity contribution in [2.75, 3.05) is 11.9 Å². The van der Waals surface area contributed by atoms with Gasteiger partial charge in [-0.2, -0.15) is 0 Å². The first-order chi connectivity index (χ1) is 7.47. The first-order valence-corrected chi connectivity index (χ1v) is 4.73. The van der Waals surface area contributed by atoms with Gasteiger partial charge in [-0.15, -0.1) is 0 Å². The van der Waals surface area contributed by atoms with Crippen molar-refractivity contribution in [1.82, 2.24) is 5.32 Å². The number of rotatable bonds is 3. The molecule has 0 saturated carbocycles. The molecule has 0 aromatic heterocycles. The summed E-state index contributed by atoms with van der Waals surface area (Å²) in [4.78, 5) is 11.2. The van der Waals surface area contributed by atoms with Gasteiger partial charge in [0.2, 0.25) is 0 Å². The van der Waals surface area contributed by atoms with Crippen LogP contribution in [0.4, 0.5) is 10.5 Å². The van der Waals surface area contributed by atoms with Gasteiger partial charge in [-0.3, -0.25) is 0 Å². The number of aliphatic hydroxyl groups excluding tert-OH is 1. The number of carbonyl (C=O) groups excluding carboxylic acids is 1. The monoisotopic (exact) mass is 226 g/mol. The standard InChI is InChI=1S/C10H14N2O4/c1-6(13)5-11-10(16)12-7-2-8(14)4-9(15)3-7/h2-4,6,13-15H,5H2,1H3,(H2,11,12,16). The minimum absolute atomic E-state index is 0.122. The topological polar surface area (TPSA) is 102 Å². The minimum atomic E-state index is -0.636. The van der Waals surface area contributed by atoms with Crippen LogP contribution in [-0.2, 0) is 0 Å². The van der Waals surface area contributed by atoms with Crippen molar-refractivity contribution in [2.24, 2.45) is 0 Å². The number of urea groups is 1. The molecule has 1 rings (SSSR count). The molecule has 0 heterocycles. The highest BCUT2D eigenvalue weighted by atomic mass is 16.3. The van der Waals surface area contributed by atoms with E-state index in [1.54, 1.807) is 6.92 Å². The number of hydrogen-bond donors (Lipinski definition) is 5. The molecule has 0 bridgehead atoms. The summed E-state index contributed by atoms with van der Waals surface area (Å²) >= 11 is 0. The first kappa shape index (κ1) is 12.1. The number of nitrogens with one attached hydrogen (secondary N) is 2. The third-order valence-electron chi connectivity index (χ3n) is 1.72. The Morgan fingerprint density at radius 1 is 1.31 bits per heavy atom. The van der Waals surface area contributed by atoms with Crippen molar-refractivity contribution >= 4 is 11.7 Å². The highest BCUT2D eigenvalue weighted by Gasteiger charge is 2.05. The van der Waals surface area contributed by atoms with E-state index in [4.69, 9.17) is 15.3 Å². The van der Waals surface area contributed by atoms with E-state index >= 15 is 0 Å². The maximum Gasteiger partial charge on any atom is 0.319 e. The van der Waals surface area contributed by atoms with E-state index in [2.05, 4.69) is 10.6 Å². The lowest BCUT2D eigenvalue weighted by molar-refractivity contribution is 0.190. The fourth-order valence-electron chi connectivity index (χ4n) is 1.08. The van der Waals surface area contributed by atoms with Crippen LogP contribution >= 0.6 is 0 Å². The number of phenolic OH excluding ortho intramolecular Hbond substituents is 2. The molecule has 1 aromatic rings. The molecule has 5 N–H and O–H groups in total. The number of benzene rings is 1. The van der Waals surface area contributed by atoms with E-state index in [0.29, 0.717) is 0 Å². The predicted octanol–water partition coefficient (Wildman–Crippen LogP) is 0.600. The van der Waals surface area contributed by atoms with Gasteiger partial charge in [-0.25, -0.2) is 4.79 Å². The lowest BCUT2D eigenvalue weighted by atomic mass is 10.3. The molecular formula is C10H14N2O4. The summed E-state index contributed by atoms with van der Waals surface area (Å²) in [5, 5.41) is 32.0. The van der Waals surface area contributed by atoms with Crippen LogP contribution in [0, 0.1) is 0 Å². The second-order valence-corrected chi connectivity index (χ2v) is 3.42. The predicted molar refractivity (Wildman–Crippen MR) is 58.5 cm³/mol. The Morgan fingerprint density at radius 3 is 2.38 bits per heavy atom. The molecule has 0 saturated heterocycles. The smallest absolute Gasteiger partial charge is 0.319 e. The van der Waals surface area contributed by atoms with Gasteiger partial charge in [0.25, 0.3) is 0 Å². The zero-order valence-corrected chi connectivity index (χ0v) is 8.77. The zero-order chi connectivity index (χ0) is 12.1. The molecule has 0 aliphatic heterocycles. The third kappa shape index (κ3) is 4.05. The average molecular weight is 226 g/mol. The summed E-state index contributed by atoms with van der Waals surface area (Å²) in [6.07, 6.45) is -0.636. The van der Waals surface area contributed by atoms with Gasteiger partial charge in [0, 0.05) is 30.4 Å². The van der Waals surface area contributed by atoms with Crippen LogP contribution < -0.4 is 10.6 Å². The maximum atomic E-state index is 11.2. The summed E-state index contributed by atoms with van der Waals surface area (Å²) in [7, 11) is 0. The average Bonchev–Trinajstić information content (AvgIpc) is 2.12. The van der Waals surface area contributed by atoms with Gasteiger partial charge < -0.3 is 26.0 Å². The SMILES string of the molecule is CC(O)CNC(=O)Nc1cc(O)cc(O)c1. The Hall–Kier alpha value is -1.95. The summed E-state index contributed by atoms with van der Waals surface area (Å²) in [6.45, 7) is 1.66. The van der Waals surface area contributed by atoms with Crippen LogP contribution in [-0.4, -0.2) is 34.0 Å². The maximum absolute atomic E-state index is 11.2. The van der Waals surface area contributed by atoms with Gasteiger partial charge in [0.05, 0.1) is 6.10 Å². The lowest BCUT2D eigenvalue weighted by Gasteiger charge is -2.09. The summed E-state index contributed by atoms with van der Waals surface area (Å²) in [5.41, 5.74) is 0.264. The highest BCUT2D eigenvalue weighted by Crippen LogP contribution is 2.23. The zero-order valence-electron chi connectivity index (χ0n) is 8.77. The van der Waals surface area contributed by atoms with Crippen molar-refractivity contribution in [3.8, 4) is 11.5 Å². The minimum Gasteiger partial charge on any atom is -0.508 e. The first-order valence-electron chi connectivity index (χ1n) is 4.73. The van der Waals surface area contributed by atoms with Crippen LogP contribution in [0.2, 0.25) is 0 Å². The Labute approximate surface area is 92.5 Å². The molecule has 1 aromatic carbocycles. The van der Waals surface area contributed by atoms with Crippen LogP contribution in [0.3, 0.4) is 0 Å². The lowest BCUT2D eigenvalue weighted by Crippen LogP contribution is -2.34. The largest absolute Gasteiger partial charge is 0.508 e. The van der Waals surface area contributed by atoms with E-state index in [1.807, 2.05) is 0 Å². The number of aliphatic hydroxyl groups is 1. The molecule has 6 nitrogen and oxygen atoms in total. The number of phenols is 2. The van der Waals surface area contributed by atoms with Gasteiger partial charge in [-0.1, -0.05) is 0 Å². The molecule has 88 valence electrons. The van der Waals surface area contributed by atoms with Crippen LogP contribution in [0.5, 0.6) is 11.5 Å². The Kier molecular flexibility index (Phi) is 3.96. The molecule has 0 radical (unpaired) electrons. The Balaban J connectivity index is 2.56. The van der Waals surface area contributed by atoms with Crippen molar-refractivity contribution in [3.05, 3.63) is 18.2 Å². The number of aromatic hydroxyl groups is 2. The fourth-order valence-corrected chi connectivity index (χ4v) is 1.08. The van der Waals surface area contributed by atoms with Crippen molar-refractivity contribution in [3.63, 3.8) is 0 Å². The Morgan fingerprint density at radius 2 is 1.88 bits per heavy atom. The van der Waals surface area contributed by atoms with Gasteiger partial charge in [-0.05, 0) is 6.92 Å². The number of hydrogen-bond acceptors (Lipinski definition) is 4. The van der Waals surface area contributed by atoms with Crippen LogP contribution in [0.1, 0.15) is 6.92 Å². The van der Waals surface area contributed by atoms with E-state index in [1.165, 1.54) is 12.1 Å². The molecule has 0 aliphatic carbocycles. The molecule has 6 heteroatoms. The quantitative estimate of drug-likeness (QED) is 0.521. The highest BCUT2D eigenvalue weighted by molar-refractivity contribution is 5.89. The van der Waals surface area contributed by atoms with E-state index < -0.39 is 12.1 Å². The molecule has 0 spiro atoms. The van der Waals surface area contributed by atoms with Gasteiger partial charge in [0.1, 0.15) is 11.5 Å². The second kappa shape index (κ2) is 5.22. The molecular weight excluding hydrogens is 212 g/mol. The molecule has 0 aliphatic rings. The number of anilines is 1. The second-order valence-electron chi connectivity index (χ2n) is 3.42. The van der Waals surface area contributed by atoms with Crippen LogP contribution in [0.25, 0.3) is 0 Å². The number of carbonyl (C=O) groups is 1. The summed E-state index contributed by atoms with van der Waals surface area (Å²) < 4.78 is 0. The summed E-state index contributed by atoms with van der Waals surface area (Å²) in [6, 6.07) is 3.22. The molecule has 1 atom stereocenters. The molecule has 0 fully saturated rings. The summed E-state index contributed by atoms with van der Waals surface area (Å²) in [5.74, 6) is -0.295. The van der Waals surface area contributed by atoms with Crippen LogP contribution in [0.15, 0.2) is 18.2 Å². The molecule has 16 heavy (non-hydrogen) atoms. The fraction of sp³-hybridized carbons (Fsp3) is 0.300. The Bertz CT molecular complexity index is 359. The van der Waals surface area contributed by atoms with E-state index in [-0.39, 0.29) is 23.7 Å². The van der Waals surface area contributed by atoms with Crippen molar-refractivity contribution in [2.45, 2.75) is 13.0 Å². The van der Waals surface area contributed by atoms with Crippen molar-refractivity contribution in [1.29, 1.82) is 0 Å². The van der Waals surface area contributed by atoms with E-state index in [9.17, 15) is 4.79 Å². The number of amides is 2. The van der Waals surface area contributed by atoms with Gasteiger partial charge >= 0.3 is 6.03 Å². The third-order valence-corrected chi connectivity index (χ3v) is 1.72. The van der Waals surface area contributed by atoms with Gasteiger partial charge in [0.15, 0.2) is 0 Å². The van der Waals surface area contributed by atoms with Crippen molar-refractivity contribution < 1.29 is 20.1 Å². The normalized spacial score (nSPS) is 11.9. The molecule has 1 unspecified atom stereocenters. The molecule has 2 amide bonds.